The van der Waals surface area contributed by atoms with Crippen molar-refractivity contribution in [2.75, 3.05) is 19.6 Å². The Labute approximate surface area is 145 Å². The molecule has 0 saturated carbocycles. The predicted molar refractivity (Wildman–Crippen MR) is 95.0 cm³/mol. The summed E-state index contributed by atoms with van der Waals surface area (Å²) in [6.07, 6.45) is 1.48. The van der Waals surface area contributed by atoms with E-state index in [-0.39, 0.29) is 18.7 Å². The number of nitrogens with zero attached hydrogens (tertiary/aromatic N) is 2. The van der Waals surface area contributed by atoms with E-state index in [1.54, 1.807) is 11.1 Å². The van der Waals surface area contributed by atoms with Crippen molar-refractivity contribution >= 4 is 17.1 Å². The number of carbonyl (C=O) groups is 1. The SMILES string of the molecule is O=C(OCc1ccccc1)N1CCNCC1c1cc2ncccc2[nH]1. The number of pyridine rings is 1. The van der Waals surface area contributed by atoms with Crippen LogP contribution in [0.15, 0.2) is 54.7 Å². The lowest BCUT2D eigenvalue weighted by atomic mass is 10.1. The van der Waals surface area contributed by atoms with Gasteiger partial charge in [-0.15, -0.1) is 0 Å². The van der Waals surface area contributed by atoms with Crippen molar-refractivity contribution in [1.82, 2.24) is 20.2 Å². The fourth-order valence-corrected chi connectivity index (χ4v) is 3.16. The van der Waals surface area contributed by atoms with Gasteiger partial charge in [-0.05, 0) is 23.8 Å². The third-order valence-electron chi connectivity index (χ3n) is 4.45. The van der Waals surface area contributed by atoms with E-state index in [1.807, 2.05) is 48.5 Å². The number of ether oxygens (including phenoxy) is 1. The molecule has 1 aliphatic heterocycles. The van der Waals surface area contributed by atoms with Crippen LogP contribution in [0.1, 0.15) is 17.3 Å². The highest BCUT2D eigenvalue weighted by Gasteiger charge is 2.30. The Bertz CT molecular complexity index is 829. The first-order valence-electron chi connectivity index (χ1n) is 8.43. The summed E-state index contributed by atoms with van der Waals surface area (Å²) in [5, 5.41) is 3.35. The Kier molecular flexibility index (Phi) is 4.35. The number of benzene rings is 1. The molecule has 4 rings (SSSR count). The van der Waals surface area contributed by atoms with Gasteiger partial charge in [0.05, 0.1) is 17.1 Å². The van der Waals surface area contributed by atoms with Gasteiger partial charge in [0.1, 0.15) is 6.61 Å². The number of hydrogen-bond acceptors (Lipinski definition) is 4. The van der Waals surface area contributed by atoms with Crippen molar-refractivity contribution in [3.8, 4) is 0 Å². The number of nitrogens with one attached hydrogen (secondary N) is 2. The highest BCUT2D eigenvalue weighted by Crippen LogP contribution is 2.25. The maximum absolute atomic E-state index is 12.6. The number of amides is 1. The van der Waals surface area contributed by atoms with Gasteiger partial charge in [-0.3, -0.25) is 9.88 Å². The molecule has 0 bridgehead atoms. The van der Waals surface area contributed by atoms with Crippen molar-refractivity contribution in [3.63, 3.8) is 0 Å². The average Bonchev–Trinajstić information content (AvgIpc) is 3.11. The van der Waals surface area contributed by atoms with Crippen LogP contribution in [0.4, 0.5) is 4.79 Å². The summed E-state index contributed by atoms with van der Waals surface area (Å²) in [6.45, 7) is 2.34. The van der Waals surface area contributed by atoms with E-state index in [0.717, 1.165) is 28.8 Å². The van der Waals surface area contributed by atoms with E-state index in [4.69, 9.17) is 4.74 Å². The fourth-order valence-electron chi connectivity index (χ4n) is 3.16. The summed E-state index contributed by atoms with van der Waals surface area (Å²) in [5.74, 6) is 0. The highest BCUT2D eigenvalue weighted by molar-refractivity contribution is 5.76. The molecule has 0 radical (unpaired) electrons. The number of aromatic amines is 1. The molecule has 25 heavy (non-hydrogen) atoms. The monoisotopic (exact) mass is 336 g/mol. The van der Waals surface area contributed by atoms with E-state index in [1.165, 1.54) is 0 Å². The largest absolute Gasteiger partial charge is 0.445 e. The van der Waals surface area contributed by atoms with E-state index in [2.05, 4.69) is 15.3 Å². The standard InChI is InChI=1S/C19H20N4O2/c24-19(25-13-14-5-2-1-3-6-14)23-10-9-20-12-18(23)17-11-16-15(22-17)7-4-8-21-16/h1-8,11,18,20,22H,9-10,12-13H2. The van der Waals surface area contributed by atoms with E-state index in [9.17, 15) is 4.79 Å². The third-order valence-corrected chi connectivity index (χ3v) is 4.45. The highest BCUT2D eigenvalue weighted by atomic mass is 16.6. The molecule has 0 spiro atoms. The summed E-state index contributed by atoms with van der Waals surface area (Å²) in [6, 6.07) is 15.5. The normalized spacial score (nSPS) is 17.6. The second-order valence-electron chi connectivity index (χ2n) is 6.11. The minimum absolute atomic E-state index is 0.0915. The van der Waals surface area contributed by atoms with E-state index in [0.29, 0.717) is 13.1 Å². The van der Waals surface area contributed by atoms with Crippen molar-refractivity contribution in [3.05, 3.63) is 66.0 Å². The zero-order valence-corrected chi connectivity index (χ0v) is 13.8. The molecule has 1 atom stereocenters. The molecule has 128 valence electrons. The summed E-state index contributed by atoms with van der Waals surface area (Å²) in [4.78, 5) is 22.1. The number of piperazine rings is 1. The molecule has 1 saturated heterocycles. The van der Waals surface area contributed by atoms with Gasteiger partial charge >= 0.3 is 6.09 Å². The van der Waals surface area contributed by atoms with Crippen LogP contribution in [0.25, 0.3) is 11.0 Å². The van der Waals surface area contributed by atoms with Gasteiger partial charge in [-0.1, -0.05) is 30.3 Å². The Hall–Kier alpha value is -2.86. The average molecular weight is 336 g/mol. The molecule has 1 fully saturated rings. The summed E-state index contributed by atoms with van der Waals surface area (Å²) in [5.41, 5.74) is 3.83. The Balaban J connectivity index is 1.51. The Morgan fingerprint density at radius 3 is 2.96 bits per heavy atom. The molecule has 3 heterocycles. The summed E-state index contributed by atoms with van der Waals surface area (Å²) in [7, 11) is 0. The predicted octanol–water partition coefficient (Wildman–Crippen LogP) is 2.85. The Morgan fingerprint density at radius 1 is 1.24 bits per heavy atom. The molecule has 1 aliphatic rings. The second kappa shape index (κ2) is 6.94. The maximum Gasteiger partial charge on any atom is 0.410 e. The quantitative estimate of drug-likeness (QED) is 0.772. The van der Waals surface area contributed by atoms with Gasteiger partial charge < -0.3 is 15.0 Å². The zero-order valence-electron chi connectivity index (χ0n) is 13.8. The van der Waals surface area contributed by atoms with Gasteiger partial charge in [0, 0.05) is 31.5 Å². The van der Waals surface area contributed by atoms with Crippen molar-refractivity contribution in [2.24, 2.45) is 0 Å². The van der Waals surface area contributed by atoms with Gasteiger partial charge in [0.25, 0.3) is 0 Å². The van der Waals surface area contributed by atoms with E-state index < -0.39 is 0 Å². The number of fused-ring (bicyclic) bond motifs is 1. The van der Waals surface area contributed by atoms with Gasteiger partial charge in [-0.25, -0.2) is 4.79 Å². The molecule has 1 unspecified atom stereocenters. The Morgan fingerprint density at radius 2 is 2.12 bits per heavy atom. The number of aromatic nitrogens is 2. The molecule has 2 aromatic heterocycles. The lowest BCUT2D eigenvalue weighted by Gasteiger charge is -2.34. The van der Waals surface area contributed by atoms with Crippen LogP contribution in [0, 0.1) is 0 Å². The van der Waals surface area contributed by atoms with Crippen molar-refractivity contribution in [2.45, 2.75) is 12.6 Å². The lowest BCUT2D eigenvalue weighted by molar-refractivity contribution is 0.0713. The molecule has 3 aromatic rings. The van der Waals surface area contributed by atoms with Crippen LogP contribution in [0.3, 0.4) is 0 Å². The summed E-state index contributed by atoms with van der Waals surface area (Å²) >= 11 is 0. The van der Waals surface area contributed by atoms with Crippen molar-refractivity contribution in [1.29, 1.82) is 0 Å². The number of carbonyl (C=O) groups excluding carboxylic acids is 1. The first-order valence-corrected chi connectivity index (χ1v) is 8.43. The van der Waals surface area contributed by atoms with Crippen LogP contribution in [-0.2, 0) is 11.3 Å². The molecular formula is C19H20N4O2. The minimum Gasteiger partial charge on any atom is -0.445 e. The van der Waals surface area contributed by atoms with Crippen molar-refractivity contribution < 1.29 is 9.53 Å². The van der Waals surface area contributed by atoms with Gasteiger partial charge in [0.2, 0.25) is 0 Å². The topological polar surface area (TPSA) is 70.2 Å². The van der Waals surface area contributed by atoms with Crippen LogP contribution in [0.5, 0.6) is 0 Å². The third kappa shape index (κ3) is 3.34. The molecule has 6 heteroatoms. The number of H-pyrrole nitrogens is 1. The smallest absolute Gasteiger partial charge is 0.410 e. The van der Waals surface area contributed by atoms with E-state index >= 15 is 0 Å². The molecule has 1 amide bonds. The number of hydrogen-bond donors (Lipinski definition) is 2. The molecule has 2 N–H and O–H groups in total. The van der Waals surface area contributed by atoms with Crippen LogP contribution < -0.4 is 5.32 Å². The van der Waals surface area contributed by atoms with Crippen LogP contribution in [-0.4, -0.2) is 40.6 Å². The molecule has 6 nitrogen and oxygen atoms in total. The van der Waals surface area contributed by atoms with Gasteiger partial charge in [-0.2, -0.15) is 0 Å². The van der Waals surface area contributed by atoms with Crippen LogP contribution in [0.2, 0.25) is 0 Å². The molecule has 0 aliphatic carbocycles. The summed E-state index contributed by atoms with van der Waals surface area (Å²) < 4.78 is 5.52. The number of rotatable bonds is 3. The second-order valence-corrected chi connectivity index (χ2v) is 6.11. The minimum atomic E-state index is -0.290. The fraction of sp³-hybridized carbons (Fsp3) is 0.263. The molecular weight excluding hydrogens is 316 g/mol. The zero-order chi connectivity index (χ0) is 17.1. The van der Waals surface area contributed by atoms with Gasteiger partial charge in [0.15, 0.2) is 0 Å². The van der Waals surface area contributed by atoms with Crippen LogP contribution >= 0.6 is 0 Å². The molecule has 1 aromatic carbocycles. The first kappa shape index (κ1) is 15.7. The maximum atomic E-state index is 12.6. The first-order chi connectivity index (χ1) is 12.3. The lowest BCUT2D eigenvalue weighted by Crippen LogP contribution is -2.49.